The van der Waals surface area contributed by atoms with Gasteiger partial charge in [0.2, 0.25) is 0 Å². The van der Waals surface area contributed by atoms with Gasteiger partial charge in [-0.25, -0.2) is 9.97 Å². The molecule has 1 aromatic heterocycles. The quantitative estimate of drug-likeness (QED) is 0.893. The molecule has 0 saturated carbocycles. The van der Waals surface area contributed by atoms with Crippen LogP contribution < -0.4 is 5.32 Å². The minimum atomic E-state index is 0.0585. The van der Waals surface area contributed by atoms with Crippen molar-refractivity contribution in [2.24, 2.45) is 0 Å². The van der Waals surface area contributed by atoms with Crippen LogP contribution in [0.25, 0.3) is 11.3 Å². The molecule has 0 unspecified atom stereocenters. The van der Waals surface area contributed by atoms with Crippen LogP contribution in [-0.4, -0.2) is 53.1 Å². The number of hydrogen-bond donors (Lipinski definition) is 1. The van der Waals surface area contributed by atoms with Gasteiger partial charge in [-0.2, -0.15) is 0 Å². The maximum atomic E-state index is 12.7. The smallest absolute Gasteiger partial charge is 0.253 e. The summed E-state index contributed by atoms with van der Waals surface area (Å²) in [5.74, 6) is 0.854. The van der Waals surface area contributed by atoms with Crippen molar-refractivity contribution in [2.45, 2.75) is 38.8 Å². The summed E-state index contributed by atoms with van der Waals surface area (Å²) >= 11 is 0. The molecule has 0 bridgehead atoms. The first kappa shape index (κ1) is 18.3. The van der Waals surface area contributed by atoms with E-state index in [-0.39, 0.29) is 12.0 Å². The number of nitrogens with one attached hydrogen (secondary N) is 1. The highest BCUT2D eigenvalue weighted by Crippen LogP contribution is 2.21. The highest BCUT2D eigenvalue weighted by atomic mass is 16.5. The van der Waals surface area contributed by atoms with E-state index in [4.69, 9.17) is 4.74 Å². The van der Waals surface area contributed by atoms with E-state index >= 15 is 0 Å². The van der Waals surface area contributed by atoms with Crippen molar-refractivity contribution in [3.05, 3.63) is 42.2 Å². The summed E-state index contributed by atoms with van der Waals surface area (Å²) in [4.78, 5) is 23.2. The van der Waals surface area contributed by atoms with Gasteiger partial charge in [-0.15, -0.1) is 0 Å². The second-order valence-corrected chi connectivity index (χ2v) is 6.92. The topological polar surface area (TPSA) is 67.3 Å². The molecular weight excluding hydrogens is 328 g/mol. The van der Waals surface area contributed by atoms with Crippen molar-refractivity contribution in [2.75, 3.05) is 25.5 Å². The summed E-state index contributed by atoms with van der Waals surface area (Å²) in [6.07, 6.45) is 3.69. The zero-order chi connectivity index (χ0) is 18.5. The molecular formula is C20H26N4O2. The summed E-state index contributed by atoms with van der Waals surface area (Å²) in [7, 11) is 1.71. The second-order valence-electron chi connectivity index (χ2n) is 6.92. The van der Waals surface area contributed by atoms with E-state index in [0.717, 1.165) is 36.5 Å². The van der Waals surface area contributed by atoms with Crippen LogP contribution in [0, 0.1) is 0 Å². The SMILES string of the molecule is CO[C@@H]1CCCN(C(=O)c2ccc(-c3cc(NC(C)C)ncn3)cc2)C1. The van der Waals surface area contributed by atoms with E-state index in [2.05, 4.69) is 29.1 Å². The van der Waals surface area contributed by atoms with Crippen LogP contribution in [0.4, 0.5) is 5.82 Å². The van der Waals surface area contributed by atoms with E-state index in [9.17, 15) is 4.79 Å². The van der Waals surface area contributed by atoms with Crippen LogP contribution in [0.2, 0.25) is 0 Å². The van der Waals surface area contributed by atoms with Crippen molar-refractivity contribution >= 4 is 11.7 Å². The third kappa shape index (κ3) is 4.38. The Morgan fingerprint density at radius 3 is 2.73 bits per heavy atom. The van der Waals surface area contributed by atoms with E-state index < -0.39 is 0 Å². The highest BCUT2D eigenvalue weighted by Gasteiger charge is 2.24. The largest absolute Gasteiger partial charge is 0.380 e. The Kier molecular flexibility index (Phi) is 5.83. The number of piperidine rings is 1. The van der Waals surface area contributed by atoms with Crippen LogP contribution >= 0.6 is 0 Å². The molecule has 1 aromatic carbocycles. The predicted octanol–water partition coefficient (Wildman–Crippen LogP) is 3.21. The number of carbonyl (C=O) groups is 1. The van der Waals surface area contributed by atoms with Gasteiger partial charge in [0, 0.05) is 43.4 Å². The number of carbonyl (C=O) groups excluding carboxylic acids is 1. The van der Waals surface area contributed by atoms with Crippen molar-refractivity contribution < 1.29 is 9.53 Å². The number of nitrogens with zero attached hydrogens (tertiary/aromatic N) is 3. The number of hydrogen-bond acceptors (Lipinski definition) is 5. The molecule has 26 heavy (non-hydrogen) atoms. The van der Waals surface area contributed by atoms with E-state index in [1.165, 1.54) is 0 Å². The molecule has 2 aromatic rings. The fourth-order valence-corrected chi connectivity index (χ4v) is 3.17. The van der Waals surface area contributed by atoms with Crippen molar-refractivity contribution in [3.8, 4) is 11.3 Å². The van der Waals surface area contributed by atoms with Gasteiger partial charge in [-0.3, -0.25) is 4.79 Å². The lowest BCUT2D eigenvalue weighted by Gasteiger charge is -2.32. The Bertz CT molecular complexity index is 746. The van der Waals surface area contributed by atoms with Gasteiger partial charge in [0.1, 0.15) is 12.1 Å². The average molecular weight is 354 g/mol. The number of amides is 1. The summed E-state index contributed by atoms with van der Waals surface area (Å²) in [5.41, 5.74) is 2.49. The first-order valence-corrected chi connectivity index (χ1v) is 9.08. The molecule has 6 nitrogen and oxygen atoms in total. The molecule has 0 radical (unpaired) electrons. The summed E-state index contributed by atoms with van der Waals surface area (Å²) in [6, 6.07) is 9.83. The monoisotopic (exact) mass is 354 g/mol. The molecule has 1 fully saturated rings. The molecule has 1 saturated heterocycles. The lowest BCUT2D eigenvalue weighted by atomic mass is 10.0. The second kappa shape index (κ2) is 8.27. The third-order valence-corrected chi connectivity index (χ3v) is 4.53. The molecule has 1 N–H and O–H groups in total. The van der Waals surface area contributed by atoms with E-state index in [0.29, 0.717) is 18.2 Å². The van der Waals surface area contributed by atoms with Crippen LogP contribution in [0.1, 0.15) is 37.0 Å². The summed E-state index contributed by atoms with van der Waals surface area (Å²) in [6.45, 7) is 5.58. The molecule has 6 heteroatoms. The molecule has 1 aliphatic heterocycles. The number of ether oxygens (including phenoxy) is 1. The number of anilines is 1. The third-order valence-electron chi connectivity index (χ3n) is 4.53. The minimum Gasteiger partial charge on any atom is -0.380 e. The molecule has 3 rings (SSSR count). The molecule has 1 atom stereocenters. The highest BCUT2D eigenvalue weighted by molar-refractivity contribution is 5.94. The van der Waals surface area contributed by atoms with Crippen molar-refractivity contribution in [1.29, 1.82) is 0 Å². The van der Waals surface area contributed by atoms with Crippen molar-refractivity contribution in [1.82, 2.24) is 14.9 Å². The molecule has 1 aliphatic rings. The number of methoxy groups -OCH3 is 1. The number of aromatic nitrogens is 2. The van der Waals surface area contributed by atoms with Gasteiger partial charge in [-0.1, -0.05) is 12.1 Å². The molecule has 1 amide bonds. The summed E-state index contributed by atoms with van der Waals surface area (Å²) < 4.78 is 5.41. The Morgan fingerprint density at radius 2 is 2.04 bits per heavy atom. The average Bonchev–Trinajstić information content (AvgIpc) is 2.67. The lowest BCUT2D eigenvalue weighted by Crippen LogP contribution is -2.42. The molecule has 138 valence electrons. The predicted molar refractivity (Wildman–Crippen MR) is 102 cm³/mol. The molecule has 2 heterocycles. The maximum Gasteiger partial charge on any atom is 0.253 e. The van der Waals surface area contributed by atoms with Gasteiger partial charge >= 0.3 is 0 Å². The molecule has 0 aliphatic carbocycles. The van der Waals surface area contributed by atoms with Crippen LogP contribution in [0.5, 0.6) is 0 Å². The number of benzene rings is 1. The van der Waals surface area contributed by atoms with Gasteiger partial charge in [-0.05, 0) is 38.8 Å². The Hall–Kier alpha value is -2.47. The van der Waals surface area contributed by atoms with E-state index in [1.54, 1.807) is 13.4 Å². The Morgan fingerprint density at radius 1 is 1.27 bits per heavy atom. The van der Waals surface area contributed by atoms with Gasteiger partial charge < -0.3 is 15.0 Å². The van der Waals surface area contributed by atoms with Crippen LogP contribution in [-0.2, 0) is 4.74 Å². The Balaban J connectivity index is 1.73. The van der Waals surface area contributed by atoms with Gasteiger partial charge in [0.15, 0.2) is 0 Å². The van der Waals surface area contributed by atoms with Crippen LogP contribution in [0.15, 0.2) is 36.7 Å². The van der Waals surface area contributed by atoms with E-state index in [1.807, 2.05) is 35.2 Å². The first-order chi connectivity index (χ1) is 12.6. The minimum absolute atomic E-state index is 0.0585. The standard InChI is InChI=1S/C20H26N4O2/c1-14(2)23-19-11-18(21-13-22-19)15-6-8-16(9-7-15)20(25)24-10-4-5-17(12-24)26-3/h6-9,11,13-14,17H,4-5,10,12H2,1-3H3,(H,21,22,23)/t17-/m1/s1. The Labute approximate surface area is 154 Å². The van der Waals surface area contributed by atoms with Gasteiger partial charge in [0.05, 0.1) is 11.8 Å². The summed E-state index contributed by atoms with van der Waals surface area (Å²) in [5, 5.41) is 3.27. The molecule has 0 spiro atoms. The lowest BCUT2D eigenvalue weighted by molar-refractivity contribution is 0.0269. The zero-order valence-electron chi connectivity index (χ0n) is 15.6. The fraction of sp³-hybridized carbons (Fsp3) is 0.450. The van der Waals surface area contributed by atoms with Crippen molar-refractivity contribution in [3.63, 3.8) is 0 Å². The maximum absolute atomic E-state index is 12.7. The van der Waals surface area contributed by atoms with Gasteiger partial charge in [0.25, 0.3) is 5.91 Å². The number of likely N-dealkylation sites (tertiary alicyclic amines) is 1. The van der Waals surface area contributed by atoms with Crippen LogP contribution in [0.3, 0.4) is 0 Å². The first-order valence-electron chi connectivity index (χ1n) is 9.08. The fourth-order valence-electron chi connectivity index (χ4n) is 3.17. The zero-order valence-corrected chi connectivity index (χ0v) is 15.6. The number of rotatable bonds is 5. The normalized spacial score (nSPS) is 17.4.